The van der Waals surface area contributed by atoms with Crippen LogP contribution in [0, 0.1) is 0 Å². The van der Waals surface area contributed by atoms with Crippen LogP contribution in [0.15, 0.2) is 18.5 Å². The lowest BCUT2D eigenvalue weighted by atomic mass is 10.2. The Bertz CT molecular complexity index is 1000. The van der Waals surface area contributed by atoms with Gasteiger partial charge in [0.2, 0.25) is 0 Å². The number of urea groups is 1. The summed E-state index contributed by atoms with van der Waals surface area (Å²) in [6, 6.07) is 3.82. The first kappa shape index (κ1) is 30.8. The monoisotopic (exact) mass is 670 g/mol. The van der Waals surface area contributed by atoms with Crippen LogP contribution in [-0.4, -0.2) is 71.9 Å². The van der Waals surface area contributed by atoms with Crippen molar-refractivity contribution in [1.29, 1.82) is 0 Å². The van der Waals surface area contributed by atoms with Crippen molar-refractivity contribution in [2.75, 3.05) is 57.6 Å². The molecule has 0 bridgehead atoms. The summed E-state index contributed by atoms with van der Waals surface area (Å²) < 4.78 is 22.8. The van der Waals surface area contributed by atoms with Crippen molar-refractivity contribution in [3.63, 3.8) is 0 Å². The topological polar surface area (TPSA) is 86.3 Å². The van der Waals surface area contributed by atoms with E-state index < -0.39 is 14.1 Å². The van der Waals surface area contributed by atoms with E-state index in [-0.39, 0.29) is 35.6 Å². The first-order chi connectivity index (χ1) is 17.1. The molecule has 0 spiro atoms. The molecular weight excluding hydrogens is 638 g/mol. The smallest absolute Gasteiger partial charge is 0.332 e. The van der Waals surface area contributed by atoms with Gasteiger partial charge in [-0.05, 0) is 6.04 Å². The van der Waals surface area contributed by atoms with Crippen LogP contribution in [0.4, 0.5) is 16.3 Å². The first-order valence-corrected chi connectivity index (χ1v) is 17.2. The Labute approximate surface area is 237 Å². The minimum absolute atomic E-state index is 0.0905. The van der Waals surface area contributed by atoms with E-state index in [4.69, 9.17) is 42.1 Å². The molecule has 9 nitrogen and oxygen atoms in total. The molecule has 0 saturated carbocycles. The van der Waals surface area contributed by atoms with Gasteiger partial charge in [0.15, 0.2) is 0 Å². The molecule has 0 fully saturated rings. The van der Waals surface area contributed by atoms with Crippen molar-refractivity contribution in [3.8, 4) is 11.5 Å². The number of hydrogen-bond donors (Lipinski definition) is 0. The van der Waals surface area contributed by atoms with Crippen LogP contribution in [0.25, 0.3) is 0 Å². The Morgan fingerprint density at radius 1 is 1.00 bits per heavy atom. The molecule has 2 rings (SSSR count). The number of halogens is 3. The van der Waals surface area contributed by atoms with Crippen molar-refractivity contribution in [2.24, 2.45) is 0 Å². The van der Waals surface area contributed by atoms with Gasteiger partial charge in [-0.15, -0.1) is 0 Å². The SMILES string of the molecule is COCCN(C(=O)N(COCC[Si](C)(C)C)c1c(Cl)c(OC)cc(OC)c1Cl)c1cc(CI)ncn1. The van der Waals surface area contributed by atoms with Crippen molar-refractivity contribution in [2.45, 2.75) is 30.1 Å². The fourth-order valence-electron chi connectivity index (χ4n) is 3.10. The molecule has 200 valence electrons. The molecule has 0 atom stereocenters. The lowest BCUT2D eigenvalue weighted by Crippen LogP contribution is -2.47. The van der Waals surface area contributed by atoms with Gasteiger partial charge in [-0.25, -0.2) is 14.8 Å². The maximum absolute atomic E-state index is 14.1. The molecule has 0 N–H and O–H groups in total. The molecule has 2 aromatic rings. The van der Waals surface area contributed by atoms with Crippen molar-refractivity contribution in [3.05, 3.63) is 34.2 Å². The molecule has 0 radical (unpaired) electrons. The van der Waals surface area contributed by atoms with Gasteiger partial charge in [-0.2, -0.15) is 0 Å². The summed E-state index contributed by atoms with van der Waals surface area (Å²) in [7, 11) is 3.17. The Morgan fingerprint density at radius 3 is 2.17 bits per heavy atom. The number of alkyl halides is 1. The van der Waals surface area contributed by atoms with Gasteiger partial charge in [0, 0.05) is 38.4 Å². The minimum atomic E-state index is -1.35. The Morgan fingerprint density at radius 2 is 1.64 bits per heavy atom. The van der Waals surface area contributed by atoms with Gasteiger partial charge in [0.25, 0.3) is 0 Å². The van der Waals surface area contributed by atoms with Crippen LogP contribution in [0.2, 0.25) is 35.7 Å². The number of anilines is 2. The third-order valence-corrected chi connectivity index (χ3v) is 8.36. The summed E-state index contributed by atoms with van der Waals surface area (Å²) in [6.45, 7) is 7.68. The lowest BCUT2D eigenvalue weighted by Gasteiger charge is -2.32. The number of aromatic nitrogens is 2. The van der Waals surface area contributed by atoms with E-state index in [0.29, 0.717) is 28.4 Å². The van der Waals surface area contributed by atoms with Crippen molar-refractivity contribution >= 4 is 71.4 Å². The number of rotatable bonds is 13. The number of amides is 2. The molecule has 1 aromatic heterocycles. The fourth-order valence-corrected chi connectivity index (χ4v) is 4.98. The van der Waals surface area contributed by atoms with Gasteiger partial charge < -0.3 is 18.9 Å². The third kappa shape index (κ3) is 8.32. The summed E-state index contributed by atoms with van der Waals surface area (Å²) in [5.41, 5.74) is 1.01. The number of carbonyl (C=O) groups excluding carboxylic acids is 1. The summed E-state index contributed by atoms with van der Waals surface area (Å²) in [4.78, 5) is 25.6. The molecule has 13 heteroatoms. The van der Waals surface area contributed by atoms with E-state index in [0.717, 1.165) is 11.7 Å². The maximum Gasteiger partial charge on any atom is 0.332 e. The van der Waals surface area contributed by atoms with Crippen molar-refractivity contribution < 1.29 is 23.7 Å². The summed E-state index contributed by atoms with van der Waals surface area (Å²) in [6.07, 6.45) is 1.43. The number of ether oxygens (including phenoxy) is 4. The number of nitrogens with zero attached hydrogens (tertiary/aromatic N) is 4. The largest absolute Gasteiger partial charge is 0.495 e. The van der Waals surface area contributed by atoms with Crippen LogP contribution >= 0.6 is 45.8 Å². The normalized spacial score (nSPS) is 11.4. The van der Waals surface area contributed by atoms with Crippen LogP contribution in [-0.2, 0) is 13.9 Å². The highest BCUT2D eigenvalue weighted by atomic mass is 127. The van der Waals surface area contributed by atoms with Gasteiger partial charge in [-0.1, -0.05) is 65.4 Å². The Kier molecular flexibility index (Phi) is 12.4. The summed E-state index contributed by atoms with van der Waals surface area (Å²) in [5, 5.41) is 0.320. The number of methoxy groups -OCH3 is 3. The quantitative estimate of drug-likeness (QED) is 0.0834. The van der Waals surface area contributed by atoms with E-state index in [1.54, 1.807) is 19.2 Å². The molecule has 0 aliphatic heterocycles. The first-order valence-electron chi connectivity index (χ1n) is 11.2. The zero-order valence-electron chi connectivity index (χ0n) is 21.4. The second-order valence-corrected chi connectivity index (χ2v) is 16.1. The number of benzene rings is 1. The lowest BCUT2D eigenvalue weighted by molar-refractivity contribution is 0.147. The predicted octanol–water partition coefficient (Wildman–Crippen LogP) is 6.13. The molecule has 2 amide bonds. The molecular formula is C23H33Cl2IN4O5Si. The highest BCUT2D eigenvalue weighted by molar-refractivity contribution is 14.1. The summed E-state index contributed by atoms with van der Waals surface area (Å²) in [5.74, 6) is 1.05. The third-order valence-electron chi connectivity index (χ3n) is 5.14. The Hall–Kier alpha value is -1.38. The number of hydrogen-bond acceptors (Lipinski definition) is 7. The molecule has 0 saturated heterocycles. The summed E-state index contributed by atoms with van der Waals surface area (Å²) >= 11 is 15.6. The second-order valence-electron chi connectivity index (χ2n) is 8.96. The Balaban J connectivity index is 2.58. The van der Waals surface area contributed by atoms with Crippen LogP contribution in [0.1, 0.15) is 5.69 Å². The molecule has 1 aromatic carbocycles. The van der Waals surface area contributed by atoms with Crippen LogP contribution in [0.5, 0.6) is 11.5 Å². The molecule has 0 aliphatic rings. The van der Waals surface area contributed by atoms with E-state index in [1.807, 2.05) is 0 Å². The average Bonchev–Trinajstić information content (AvgIpc) is 2.85. The van der Waals surface area contributed by atoms with E-state index >= 15 is 0 Å². The second kappa shape index (κ2) is 14.5. The zero-order valence-corrected chi connectivity index (χ0v) is 26.1. The van der Waals surface area contributed by atoms with Crippen LogP contribution < -0.4 is 19.3 Å². The molecule has 36 heavy (non-hydrogen) atoms. The highest BCUT2D eigenvalue weighted by Crippen LogP contribution is 2.46. The number of carbonyl (C=O) groups is 1. The van der Waals surface area contributed by atoms with E-state index in [1.165, 1.54) is 30.3 Å². The van der Waals surface area contributed by atoms with Crippen LogP contribution in [0.3, 0.4) is 0 Å². The average molecular weight is 671 g/mol. The predicted molar refractivity (Wildman–Crippen MR) is 155 cm³/mol. The fraction of sp³-hybridized carbons (Fsp3) is 0.522. The minimum Gasteiger partial charge on any atom is -0.495 e. The van der Waals surface area contributed by atoms with E-state index in [2.05, 4.69) is 52.2 Å². The van der Waals surface area contributed by atoms with Gasteiger partial charge in [0.05, 0.1) is 38.8 Å². The van der Waals surface area contributed by atoms with Gasteiger partial charge in [-0.3, -0.25) is 9.80 Å². The van der Waals surface area contributed by atoms with Gasteiger partial charge in [0.1, 0.15) is 40.4 Å². The molecule has 1 heterocycles. The van der Waals surface area contributed by atoms with Gasteiger partial charge >= 0.3 is 6.03 Å². The van der Waals surface area contributed by atoms with Crippen molar-refractivity contribution in [1.82, 2.24) is 9.97 Å². The zero-order chi connectivity index (χ0) is 26.9. The molecule has 0 aliphatic carbocycles. The highest BCUT2D eigenvalue weighted by Gasteiger charge is 2.31. The molecule has 0 unspecified atom stereocenters. The standard InChI is InChI=1S/C23H33Cl2IN4O5Si/c1-32-8-7-29(19-11-16(13-26)27-14-28-19)23(31)30(15-35-9-10-36(4,5)6)22-20(24)17(33-2)12-18(34-3)21(22)25/h11-12,14H,7-10,13,15H2,1-6H3. The van der Waals surface area contributed by atoms with E-state index in [9.17, 15) is 4.79 Å². The maximum atomic E-state index is 14.1.